The monoisotopic (exact) mass is 340 g/mol. The van der Waals surface area contributed by atoms with E-state index >= 15 is 0 Å². The van der Waals surface area contributed by atoms with Gasteiger partial charge in [-0.25, -0.2) is 4.98 Å². The minimum absolute atomic E-state index is 0.633. The van der Waals surface area contributed by atoms with Crippen molar-refractivity contribution in [3.8, 4) is 11.1 Å². The van der Waals surface area contributed by atoms with Crippen LogP contribution in [0.4, 0.5) is 0 Å². The van der Waals surface area contributed by atoms with E-state index in [-0.39, 0.29) is 0 Å². The summed E-state index contributed by atoms with van der Waals surface area (Å²) >= 11 is 3.48. The lowest BCUT2D eigenvalue weighted by molar-refractivity contribution is 0.681. The molecule has 0 atom stereocenters. The third kappa shape index (κ3) is 2.51. The van der Waals surface area contributed by atoms with Crippen molar-refractivity contribution in [1.29, 1.82) is 0 Å². The van der Waals surface area contributed by atoms with Crippen molar-refractivity contribution in [2.24, 2.45) is 0 Å². The molecule has 3 heteroatoms. The summed E-state index contributed by atoms with van der Waals surface area (Å²) in [6.07, 6.45) is 5.23. The van der Waals surface area contributed by atoms with E-state index in [9.17, 15) is 0 Å². The number of imidazole rings is 1. The quantitative estimate of drug-likeness (QED) is 0.641. The molecule has 1 heterocycles. The Morgan fingerprint density at radius 3 is 2.43 bits per heavy atom. The number of rotatable bonds is 2. The lowest BCUT2D eigenvalue weighted by Crippen LogP contribution is -1.93. The van der Waals surface area contributed by atoms with Crippen molar-refractivity contribution in [2.75, 3.05) is 0 Å². The molecular weight excluding hydrogens is 324 g/mol. The average molecular weight is 341 g/mol. The van der Waals surface area contributed by atoms with Crippen LogP contribution in [0.1, 0.15) is 37.4 Å². The molecule has 106 valence electrons. The number of hydrogen-bond donors (Lipinski definition) is 1. The minimum atomic E-state index is 0.633. The highest BCUT2D eigenvalue weighted by Crippen LogP contribution is 2.34. The summed E-state index contributed by atoms with van der Waals surface area (Å²) in [5, 5.41) is 0. The van der Waals surface area contributed by atoms with Crippen LogP contribution in [0, 0.1) is 0 Å². The average Bonchev–Trinajstić information content (AvgIpc) is 3.16. The molecule has 3 aromatic rings. The number of halogens is 1. The van der Waals surface area contributed by atoms with Crippen LogP contribution in [0.2, 0.25) is 0 Å². The summed E-state index contributed by atoms with van der Waals surface area (Å²) in [5.41, 5.74) is 4.70. The molecule has 0 amide bonds. The normalized spacial score (nSPS) is 15.9. The van der Waals surface area contributed by atoms with E-state index in [1.54, 1.807) is 0 Å². The summed E-state index contributed by atoms with van der Waals surface area (Å²) in [4.78, 5) is 8.32. The molecule has 2 aromatic carbocycles. The second kappa shape index (κ2) is 5.30. The van der Waals surface area contributed by atoms with Gasteiger partial charge in [-0.3, -0.25) is 0 Å². The van der Waals surface area contributed by atoms with Crippen molar-refractivity contribution in [1.82, 2.24) is 9.97 Å². The molecule has 0 saturated heterocycles. The Hall–Kier alpha value is -1.61. The van der Waals surface area contributed by atoms with Gasteiger partial charge in [-0.15, -0.1) is 0 Å². The maximum absolute atomic E-state index is 4.78. The summed E-state index contributed by atoms with van der Waals surface area (Å²) in [7, 11) is 0. The molecule has 1 aliphatic carbocycles. The first-order valence-electron chi connectivity index (χ1n) is 7.55. The van der Waals surface area contributed by atoms with Crippen LogP contribution in [-0.2, 0) is 0 Å². The highest BCUT2D eigenvalue weighted by atomic mass is 79.9. The number of fused-ring (bicyclic) bond motifs is 1. The molecule has 1 fully saturated rings. The first-order chi connectivity index (χ1) is 10.3. The predicted octanol–water partition coefficient (Wildman–Crippen LogP) is 5.65. The number of benzene rings is 2. The number of aromatic nitrogens is 2. The largest absolute Gasteiger partial charge is 0.342 e. The Labute approximate surface area is 132 Å². The standard InChI is InChI=1S/C18H17BrN2/c19-15-8-5-12(6-9-15)14-7-10-16-17(11-14)21-18(20-16)13-3-1-2-4-13/h5-11,13H,1-4H2,(H,20,21). The molecule has 1 aliphatic rings. The summed E-state index contributed by atoms with van der Waals surface area (Å²) in [5.74, 6) is 1.81. The molecule has 1 saturated carbocycles. The van der Waals surface area contributed by atoms with Gasteiger partial charge < -0.3 is 4.98 Å². The third-order valence-corrected chi connectivity index (χ3v) is 4.95. The van der Waals surface area contributed by atoms with Gasteiger partial charge in [-0.05, 0) is 48.2 Å². The van der Waals surface area contributed by atoms with Gasteiger partial charge in [0.15, 0.2) is 0 Å². The van der Waals surface area contributed by atoms with Gasteiger partial charge in [-0.2, -0.15) is 0 Å². The van der Waals surface area contributed by atoms with E-state index in [0.717, 1.165) is 15.5 Å². The number of nitrogens with zero attached hydrogens (tertiary/aromatic N) is 1. The fourth-order valence-corrected chi connectivity index (χ4v) is 3.51. The van der Waals surface area contributed by atoms with Crippen LogP contribution in [0.3, 0.4) is 0 Å². The Morgan fingerprint density at radius 1 is 0.952 bits per heavy atom. The van der Waals surface area contributed by atoms with E-state index in [0.29, 0.717) is 5.92 Å². The molecular formula is C18H17BrN2. The molecule has 1 N–H and O–H groups in total. The smallest absolute Gasteiger partial charge is 0.110 e. The van der Waals surface area contributed by atoms with E-state index in [2.05, 4.69) is 63.4 Å². The second-order valence-electron chi connectivity index (χ2n) is 5.84. The first kappa shape index (κ1) is 13.1. The molecule has 0 bridgehead atoms. The number of hydrogen-bond acceptors (Lipinski definition) is 1. The molecule has 1 aromatic heterocycles. The van der Waals surface area contributed by atoms with Crippen molar-refractivity contribution in [3.05, 3.63) is 52.8 Å². The molecule has 0 radical (unpaired) electrons. The van der Waals surface area contributed by atoms with E-state index in [1.807, 2.05) is 0 Å². The minimum Gasteiger partial charge on any atom is -0.342 e. The summed E-state index contributed by atoms with van der Waals surface area (Å²) < 4.78 is 1.11. The van der Waals surface area contributed by atoms with E-state index in [4.69, 9.17) is 4.98 Å². The van der Waals surface area contributed by atoms with Gasteiger partial charge in [0, 0.05) is 10.4 Å². The third-order valence-electron chi connectivity index (χ3n) is 4.42. The topological polar surface area (TPSA) is 28.7 Å². The Kier molecular flexibility index (Phi) is 3.30. The first-order valence-corrected chi connectivity index (χ1v) is 8.34. The van der Waals surface area contributed by atoms with Crippen LogP contribution in [0.25, 0.3) is 22.2 Å². The van der Waals surface area contributed by atoms with Crippen LogP contribution >= 0.6 is 15.9 Å². The maximum Gasteiger partial charge on any atom is 0.110 e. The number of aromatic amines is 1. The molecule has 21 heavy (non-hydrogen) atoms. The zero-order valence-corrected chi connectivity index (χ0v) is 13.4. The van der Waals surface area contributed by atoms with Gasteiger partial charge >= 0.3 is 0 Å². The Morgan fingerprint density at radius 2 is 1.67 bits per heavy atom. The zero-order chi connectivity index (χ0) is 14.2. The Balaban J connectivity index is 1.73. The molecule has 2 nitrogen and oxygen atoms in total. The van der Waals surface area contributed by atoms with Gasteiger partial charge in [0.2, 0.25) is 0 Å². The van der Waals surface area contributed by atoms with Gasteiger partial charge in [0.1, 0.15) is 5.82 Å². The second-order valence-corrected chi connectivity index (χ2v) is 6.76. The summed E-state index contributed by atoms with van der Waals surface area (Å²) in [6, 6.07) is 14.9. The number of nitrogens with one attached hydrogen (secondary N) is 1. The van der Waals surface area contributed by atoms with Crippen LogP contribution in [0.5, 0.6) is 0 Å². The highest BCUT2D eigenvalue weighted by molar-refractivity contribution is 9.10. The molecule has 0 spiro atoms. The SMILES string of the molecule is Brc1ccc(-c2ccc3nc(C4CCCC4)[nH]c3c2)cc1. The van der Waals surface area contributed by atoms with Crippen LogP contribution in [-0.4, -0.2) is 9.97 Å². The van der Waals surface area contributed by atoms with Crippen LogP contribution in [0.15, 0.2) is 46.9 Å². The summed E-state index contributed by atoms with van der Waals surface area (Å²) in [6.45, 7) is 0. The predicted molar refractivity (Wildman–Crippen MR) is 90.4 cm³/mol. The lowest BCUT2D eigenvalue weighted by Gasteiger charge is -2.02. The van der Waals surface area contributed by atoms with E-state index in [1.165, 1.54) is 42.6 Å². The van der Waals surface area contributed by atoms with Crippen LogP contribution < -0.4 is 0 Å². The van der Waals surface area contributed by atoms with Crippen molar-refractivity contribution >= 4 is 27.0 Å². The van der Waals surface area contributed by atoms with Crippen molar-refractivity contribution in [2.45, 2.75) is 31.6 Å². The van der Waals surface area contributed by atoms with E-state index < -0.39 is 0 Å². The fraction of sp³-hybridized carbons (Fsp3) is 0.278. The van der Waals surface area contributed by atoms with Crippen molar-refractivity contribution in [3.63, 3.8) is 0 Å². The molecule has 0 aliphatic heterocycles. The zero-order valence-electron chi connectivity index (χ0n) is 11.8. The van der Waals surface area contributed by atoms with Crippen molar-refractivity contribution < 1.29 is 0 Å². The highest BCUT2D eigenvalue weighted by Gasteiger charge is 2.20. The molecule has 0 unspecified atom stereocenters. The molecule has 4 rings (SSSR count). The van der Waals surface area contributed by atoms with Gasteiger partial charge in [-0.1, -0.05) is 47.0 Å². The fourth-order valence-electron chi connectivity index (χ4n) is 3.24. The lowest BCUT2D eigenvalue weighted by atomic mass is 10.1. The van der Waals surface area contributed by atoms with Gasteiger partial charge in [0.05, 0.1) is 11.0 Å². The van der Waals surface area contributed by atoms with Gasteiger partial charge in [0.25, 0.3) is 0 Å². The maximum atomic E-state index is 4.78. The number of H-pyrrole nitrogens is 1. The Bertz CT molecular complexity index is 768.